The Morgan fingerprint density at radius 2 is 2.09 bits per heavy atom. The molecule has 0 aromatic carbocycles. The number of carbonyl (C=O) groups is 1. The molecule has 0 aliphatic carbocycles. The molecule has 0 radical (unpaired) electrons. The fourth-order valence-corrected chi connectivity index (χ4v) is 2.04. The second-order valence-electron chi connectivity index (χ2n) is 4.80. The van der Waals surface area contributed by atoms with Gasteiger partial charge in [-0.25, -0.2) is 4.79 Å². The topological polar surface area (TPSA) is 74.4 Å². The lowest BCUT2D eigenvalue weighted by Gasteiger charge is -2.13. The Labute approximate surface area is 144 Å². The number of aromatic nitrogens is 1. The highest BCUT2D eigenvalue weighted by Crippen LogP contribution is 2.35. The van der Waals surface area contributed by atoms with Gasteiger partial charge >= 0.3 is 5.97 Å². The van der Waals surface area contributed by atoms with Crippen molar-refractivity contribution < 1.29 is 18.7 Å². The van der Waals surface area contributed by atoms with Crippen LogP contribution in [0.3, 0.4) is 0 Å². The van der Waals surface area contributed by atoms with Gasteiger partial charge in [0.1, 0.15) is 10.0 Å². The van der Waals surface area contributed by atoms with Crippen LogP contribution in [0.5, 0.6) is 5.88 Å². The highest BCUT2D eigenvalue weighted by atomic mass is 35.5. The number of hydrogen-bond donors (Lipinski definition) is 1. The number of halogens is 3. The second kappa shape index (κ2) is 9.57. The Morgan fingerprint density at radius 3 is 2.74 bits per heavy atom. The van der Waals surface area contributed by atoms with E-state index in [4.69, 9.17) is 38.4 Å². The van der Waals surface area contributed by atoms with Gasteiger partial charge in [0, 0.05) is 0 Å². The summed E-state index contributed by atoms with van der Waals surface area (Å²) in [5.74, 6) is -1.93. The van der Waals surface area contributed by atoms with E-state index in [0.29, 0.717) is 6.42 Å². The van der Waals surface area contributed by atoms with Crippen molar-refractivity contribution in [3.05, 3.63) is 28.1 Å². The second-order valence-corrected chi connectivity index (χ2v) is 5.55. The van der Waals surface area contributed by atoms with Crippen LogP contribution in [0.25, 0.3) is 0 Å². The molecule has 0 bridgehead atoms. The van der Waals surface area contributed by atoms with Crippen LogP contribution in [0.1, 0.15) is 33.1 Å². The first-order chi connectivity index (χ1) is 10.9. The minimum atomic E-state index is -1.02. The van der Waals surface area contributed by atoms with Crippen molar-refractivity contribution in [2.24, 2.45) is 0 Å². The molecular formula is C15H19Cl2FN2O3. The summed E-state index contributed by atoms with van der Waals surface area (Å²) in [6.07, 6.45) is 6.30. The maximum Gasteiger partial charge on any atom is 0.344 e. The third-order valence-electron chi connectivity index (χ3n) is 2.84. The summed E-state index contributed by atoms with van der Waals surface area (Å²) in [6.45, 7) is 3.37. The lowest BCUT2D eigenvalue weighted by Crippen LogP contribution is -2.21. The van der Waals surface area contributed by atoms with Gasteiger partial charge in [0.15, 0.2) is 6.61 Å². The molecule has 0 saturated carbocycles. The number of allylic oxidation sites excluding steroid dienone is 2. The van der Waals surface area contributed by atoms with Crippen LogP contribution in [0.15, 0.2) is 12.2 Å². The monoisotopic (exact) mass is 364 g/mol. The van der Waals surface area contributed by atoms with Crippen LogP contribution in [-0.2, 0) is 9.53 Å². The molecule has 1 unspecified atom stereocenters. The van der Waals surface area contributed by atoms with E-state index in [1.807, 2.05) is 19.1 Å². The van der Waals surface area contributed by atoms with Crippen molar-refractivity contribution in [3.8, 4) is 5.88 Å². The number of nitrogen functional groups attached to an aromatic ring is 1. The fraction of sp³-hybridized carbons (Fsp3) is 0.467. The number of carbonyl (C=O) groups excluding carboxylic acids is 1. The minimum Gasteiger partial charge on any atom is -0.464 e. The van der Waals surface area contributed by atoms with Gasteiger partial charge in [0.2, 0.25) is 11.8 Å². The molecule has 23 heavy (non-hydrogen) atoms. The predicted octanol–water partition coefficient (Wildman–Crippen LogP) is 4.17. The molecule has 1 aromatic heterocycles. The Hall–Kier alpha value is -1.53. The van der Waals surface area contributed by atoms with Gasteiger partial charge in [-0.15, -0.1) is 0 Å². The smallest absolute Gasteiger partial charge is 0.344 e. The van der Waals surface area contributed by atoms with Gasteiger partial charge < -0.3 is 15.2 Å². The molecule has 0 fully saturated rings. The van der Waals surface area contributed by atoms with Crippen LogP contribution in [-0.4, -0.2) is 23.7 Å². The van der Waals surface area contributed by atoms with Crippen LogP contribution in [0.2, 0.25) is 10.0 Å². The largest absolute Gasteiger partial charge is 0.464 e. The van der Waals surface area contributed by atoms with E-state index in [2.05, 4.69) is 4.98 Å². The van der Waals surface area contributed by atoms with Gasteiger partial charge in [-0.3, -0.25) is 0 Å². The fourth-order valence-electron chi connectivity index (χ4n) is 1.67. The molecule has 0 saturated heterocycles. The molecule has 1 heterocycles. The van der Waals surface area contributed by atoms with Crippen LogP contribution in [0, 0.1) is 5.95 Å². The summed E-state index contributed by atoms with van der Waals surface area (Å²) in [5.41, 5.74) is 5.31. The number of rotatable bonds is 8. The van der Waals surface area contributed by atoms with Crippen LogP contribution < -0.4 is 10.5 Å². The van der Waals surface area contributed by atoms with Crippen molar-refractivity contribution in [2.75, 3.05) is 12.3 Å². The van der Waals surface area contributed by atoms with E-state index in [-0.39, 0.29) is 22.7 Å². The molecule has 0 aliphatic rings. The van der Waals surface area contributed by atoms with Gasteiger partial charge in [0.05, 0.1) is 11.8 Å². The van der Waals surface area contributed by atoms with E-state index >= 15 is 0 Å². The summed E-state index contributed by atoms with van der Waals surface area (Å²) < 4.78 is 23.6. The summed E-state index contributed by atoms with van der Waals surface area (Å²) in [6, 6.07) is 0. The Bertz CT molecular complexity index is 582. The van der Waals surface area contributed by atoms with E-state index in [0.717, 1.165) is 12.8 Å². The van der Waals surface area contributed by atoms with E-state index < -0.39 is 23.5 Å². The number of hydrogen-bond acceptors (Lipinski definition) is 5. The predicted molar refractivity (Wildman–Crippen MR) is 88.3 cm³/mol. The molecule has 2 N–H and O–H groups in total. The molecule has 1 aromatic rings. The zero-order valence-electron chi connectivity index (χ0n) is 12.9. The number of ether oxygens (including phenoxy) is 2. The highest BCUT2D eigenvalue weighted by molar-refractivity contribution is 6.39. The number of nitrogens with zero attached hydrogens (tertiary/aromatic N) is 1. The average Bonchev–Trinajstić information content (AvgIpc) is 2.51. The summed E-state index contributed by atoms with van der Waals surface area (Å²) >= 11 is 11.4. The number of nitrogens with two attached hydrogens (primary N) is 1. The summed E-state index contributed by atoms with van der Waals surface area (Å²) in [7, 11) is 0. The normalized spacial score (nSPS) is 12.4. The van der Waals surface area contributed by atoms with Gasteiger partial charge in [0.25, 0.3) is 0 Å². The Morgan fingerprint density at radius 1 is 1.39 bits per heavy atom. The molecule has 5 nitrogen and oxygen atoms in total. The lowest BCUT2D eigenvalue weighted by atomic mass is 10.2. The minimum absolute atomic E-state index is 0.151. The van der Waals surface area contributed by atoms with Crippen molar-refractivity contribution in [1.82, 2.24) is 4.98 Å². The molecule has 128 valence electrons. The lowest BCUT2D eigenvalue weighted by molar-refractivity contribution is -0.150. The first-order valence-corrected chi connectivity index (χ1v) is 7.89. The van der Waals surface area contributed by atoms with Crippen molar-refractivity contribution in [2.45, 2.75) is 39.2 Å². The molecule has 1 rings (SSSR count). The quantitative estimate of drug-likeness (QED) is 0.425. The zero-order valence-corrected chi connectivity index (χ0v) is 14.5. The van der Waals surface area contributed by atoms with Gasteiger partial charge in [-0.05, 0) is 26.2 Å². The summed E-state index contributed by atoms with van der Waals surface area (Å²) in [5, 5.41) is -0.541. The van der Waals surface area contributed by atoms with Crippen molar-refractivity contribution >= 4 is 34.9 Å². The average molecular weight is 365 g/mol. The van der Waals surface area contributed by atoms with Gasteiger partial charge in [-0.2, -0.15) is 9.37 Å². The number of esters is 1. The van der Waals surface area contributed by atoms with Crippen molar-refractivity contribution in [1.29, 1.82) is 0 Å². The molecular weight excluding hydrogens is 346 g/mol. The van der Waals surface area contributed by atoms with E-state index in [9.17, 15) is 9.18 Å². The molecule has 1 atom stereocenters. The first-order valence-electron chi connectivity index (χ1n) is 7.14. The SMILES string of the molecule is CCC=CCCC(C)OC(=O)COc1nc(F)c(Cl)c(N)c1Cl. The highest BCUT2D eigenvalue weighted by Gasteiger charge is 2.18. The number of pyridine rings is 1. The molecule has 0 aliphatic heterocycles. The molecule has 0 amide bonds. The number of anilines is 1. The van der Waals surface area contributed by atoms with Gasteiger partial charge in [-0.1, -0.05) is 42.3 Å². The van der Waals surface area contributed by atoms with E-state index in [1.165, 1.54) is 0 Å². The third kappa shape index (κ3) is 6.23. The third-order valence-corrected chi connectivity index (χ3v) is 3.57. The molecule has 0 spiro atoms. The van der Waals surface area contributed by atoms with Crippen LogP contribution in [0.4, 0.5) is 10.1 Å². The Balaban J connectivity index is 2.49. The zero-order chi connectivity index (χ0) is 17.4. The maximum atomic E-state index is 13.4. The maximum absolute atomic E-state index is 13.4. The summed E-state index contributed by atoms with van der Waals surface area (Å²) in [4.78, 5) is 15.1. The van der Waals surface area contributed by atoms with E-state index in [1.54, 1.807) is 6.92 Å². The standard InChI is InChI=1S/C15H19Cl2FN2O3/c1-3-4-5-6-7-9(2)23-10(21)8-22-15-12(17)13(19)11(16)14(18)20-15/h4-5,9H,3,6-8H2,1-2H3,(H2,19,20). The first kappa shape index (κ1) is 19.5. The Kier molecular flexibility index (Phi) is 8.12. The van der Waals surface area contributed by atoms with Crippen LogP contribution >= 0.6 is 23.2 Å². The van der Waals surface area contributed by atoms with Crippen molar-refractivity contribution in [3.63, 3.8) is 0 Å². The molecule has 8 heteroatoms.